The van der Waals surface area contributed by atoms with E-state index in [9.17, 15) is 5.11 Å². The fraction of sp³-hybridized carbons (Fsp3) is 0.333. The van der Waals surface area contributed by atoms with E-state index in [2.05, 4.69) is 78.6 Å². The van der Waals surface area contributed by atoms with Crippen LogP contribution in [0, 0.1) is 0 Å². The monoisotopic (exact) mass is 403 g/mol. The molecule has 1 N–H and O–H groups in total. The molecule has 3 heteroatoms. The maximum atomic E-state index is 10.0. The van der Waals surface area contributed by atoms with Crippen LogP contribution in [-0.4, -0.2) is 17.8 Å². The number of hydrogen-bond acceptors (Lipinski definition) is 3. The number of para-hydroxylation sites is 1. The maximum absolute atomic E-state index is 10.0. The van der Waals surface area contributed by atoms with Crippen LogP contribution in [0.4, 0.5) is 5.69 Å². The average molecular weight is 404 g/mol. The summed E-state index contributed by atoms with van der Waals surface area (Å²) in [5.74, 6) is 0.902. The minimum absolute atomic E-state index is 0.412. The third-order valence-corrected chi connectivity index (χ3v) is 5.11. The highest BCUT2D eigenvalue weighted by atomic mass is 16.5. The number of benzene rings is 3. The van der Waals surface area contributed by atoms with Crippen LogP contribution < -0.4 is 9.64 Å². The second-order valence-electron chi connectivity index (χ2n) is 7.85. The zero-order valence-electron chi connectivity index (χ0n) is 18.1. The van der Waals surface area contributed by atoms with Gasteiger partial charge in [0, 0.05) is 19.5 Å². The summed E-state index contributed by atoms with van der Waals surface area (Å²) < 4.78 is 6.31. The molecule has 3 nitrogen and oxygen atoms in total. The molecule has 0 fully saturated rings. The fourth-order valence-corrected chi connectivity index (χ4v) is 3.62. The Kier molecular flexibility index (Phi) is 8.34. The Morgan fingerprint density at radius 3 is 1.97 bits per heavy atom. The molecule has 0 unspecified atom stereocenters. The van der Waals surface area contributed by atoms with Crippen LogP contribution in [0.3, 0.4) is 0 Å². The number of hydrogen-bond donors (Lipinski definition) is 1. The first-order valence-electron chi connectivity index (χ1n) is 10.9. The largest absolute Gasteiger partial charge is 0.491 e. The molecule has 1 atom stereocenters. The highest BCUT2D eigenvalue weighted by molar-refractivity contribution is 5.62. The van der Waals surface area contributed by atoms with E-state index in [1.165, 1.54) is 11.1 Å². The van der Waals surface area contributed by atoms with Crippen LogP contribution >= 0.6 is 0 Å². The molecule has 30 heavy (non-hydrogen) atoms. The van der Waals surface area contributed by atoms with E-state index in [1.54, 1.807) is 0 Å². The van der Waals surface area contributed by atoms with Gasteiger partial charge in [0.2, 0.25) is 0 Å². The molecule has 0 aliphatic rings. The first-order chi connectivity index (χ1) is 14.7. The molecule has 158 valence electrons. The summed E-state index contributed by atoms with van der Waals surface area (Å²) in [4.78, 5) is 2.37. The van der Waals surface area contributed by atoms with Gasteiger partial charge in [-0.2, -0.15) is 0 Å². The van der Waals surface area contributed by atoms with Gasteiger partial charge in [-0.3, -0.25) is 0 Å². The topological polar surface area (TPSA) is 32.7 Å². The van der Waals surface area contributed by atoms with Gasteiger partial charge in [0.05, 0.1) is 18.4 Å². The van der Waals surface area contributed by atoms with Crippen LogP contribution in [0.1, 0.15) is 43.4 Å². The lowest BCUT2D eigenvalue weighted by molar-refractivity contribution is 0.193. The number of anilines is 1. The van der Waals surface area contributed by atoms with Gasteiger partial charge < -0.3 is 14.7 Å². The van der Waals surface area contributed by atoms with E-state index in [4.69, 9.17) is 4.74 Å². The van der Waals surface area contributed by atoms with Gasteiger partial charge in [0.25, 0.3) is 0 Å². The first kappa shape index (κ1) is 21.9. The van der Waals surface area contributed by atoms with Gasteiger partial charge >= 0.3 is 0 Å². The van der Waals surface area contributed by atoms with E-state index in [-0.39, 0.29) is 0 Å². The number of unbranched alkanes of at least 4 members (excludes halogenated alkanes) is 1. The SMILES string of the molecule is CCCCOc1c(C[C@H](C)O)cccc1N(Cc1ccccc1)Cc1ccccc1. The summed E-state index contributed by atoms with van der Waals surface area (Å²) in [6.07, 6.45) is 2.27. The van der Waals surface area contributed by atoms with Crippen molar-refractivity contribution in [2.24, 2.45) is 0 Å². The minimum atomic E-state index is -0.412. The molecule has 0 aliphatic carbocycles. The maximum Gasteiger partial charge on any atom is 0.145 e. The molecule has 0 saturated carbocycles. The molecule has 0 saturated heterocycles. The van der Waals surface area contributed by atoms with Crippen molar-refractivity contribution >= 4 is 5.69 Å². The number of aliphatic hydroxyl groups is 1. The van der Waals surface area contributed by atoms with E-state index in [1.807, 2.05) is 19.1 Å². The molecule has 3 aromatic rings. The second kappa shape index (κ2) is 11.4. The third kappa shape index (κ3) is 6.36. The van der Waals surface area contributed by atoms with E-state index in [0.717, 1.165) is 42.9 Å². The molecular weight excluding hydrogens is 370 g/mol. The lowest BCUT2D eigenvalue weighted by atomic mass is 10.0. The van der Waals surface area contributed by atoms with Crippen molar-refractivity contribution in [3.8, 4) is 5.75 Å². The summed E-state index contributed by atoms with van der Waals surface area (Å²) in [7, 11) is 0. The van der Waals surface area contributed by atoms with Gasteiger partial charge in [-0.15, -0.1) is 0 Å². The molecule has 3 rings (SSSR count). The average Bonchev–Trinajstić information content (AvgIpc) is 2.75. The molecule has 0 heterocycles. The van der Waals surface area contributed by atoms with Gasteiger partial charge in [-0.05, 0) is 36.1 Å². The minimum Gasteiger partial charge on any atom is -0.491 e. The van der Waals surface area contributed by atoms with Crippen LogP contribution in [0.25, 0.3) is 0 Å². The summed E-state index contributed by atoms with van der Waals surface area (Å²) in [5, 5.41) is 10.0. The Hall–Kier alpha value is -2.78. The smallest absolute Gasteiger partial charge is 0.145 e. The highest BCUT2D eigenvalue weighted by Crippen LogP contribution is 2.35. The summed E-state index contributed by atoms with van der Waals surface area (Å²) in [5.41, 5.74) is 4.66. The first-order valence-corrected chi connectivity index (χ1v) is 10.9. The third-order valence-electron chi connectivity index (χ3n) is 5.11. The predicted molar refractivity (Wildman–Crippen MR) is 125 cm³/mol. The zero-order chi connectivity index (χ0) is 21.2. The number of nitrogens with zero attached hydrogens (tertiary/aromatic N) is 1. The van der Waals surface area contributed by atoms with Crippen molar-refractivity contribution in [1.82, 2.24) is 0 Å². The van der Waals surface area contributed by atoms with Crippen molar-refractivity contribution < 1.29 is 9.84 Å². The number of ether oxygens (including phenoxy) is 1. The Labute approximate surface area is 180 Å². The molecular formula is C27H33NO2. The normalized spacial score (nSPS) is 11.8. The summed E-state index contributed by atoms with van der Waals surface area (Å²) in [6.45, 7) is 6.26. The van der Waals surface area contributed by atoms with E-state index in [0.29, 0.717) is 13.0 Å². The van der Waals surface area contributed by atoms with Crippen LogP contribution in [-0.2, 0) is 19.5 Å². The zero-order valence-corrected chi connectivity index (χ0v) is 18.1. The molecule has 0 bridgehead atoms. The van der Waals surface area contributed by atoms with Crippen molar-refractivity contribution in [2.45, 2.75) is 52.3 Å². The van der Waals surface area contributed by atoms with Crippen molar-refractivity contribution in [3.05, 3.63) is 95.6 Å². The Morgan fingerprint density at radius 1 is 0.833 bits per heavy atom. The lowest BCUT2D eigenvalue weighted by Gasteiger charge is -2.29. The molecule has 0 aromatic heterocycles. The molecule has 0 amide bonds. The Balaban J connectivity index is 1.99. The van der Waals surface area contributed by atoms with Gasteiger partial charge in [-0.1, -0.05) is 86.1 Å². The van der Waals surface area contributed by atoms with Crippen LogP contribution in [0.2, 0.25) is 0 Å². The Morgan fingerprint density at radius 2 is 1.43 bits per heavy atom. The van der Waals surface area contributed by atoms with Crippen molar-refractivity contribution in [2.75, 3.05) is 11.5 Å². The summed E-state index contributed by atoms with van der Waals surface area (Å²) >= 11 is 0. The van der Waals surface area contributed by atoms with Gasteiger partial charge in [-0.25, -0.2) is 0 Å². The predicted octanol–water partition coefficient (Wildman–Crippen LogP) is 6.00. The van der Waals surface area contributed by atoms with Gasteiger partial charge in [0.1, 0.15) is 5.75 Å². The number of rotatable bonds is 11. The molecule has 3 aromatic carbocycles. The molecule has 0 aliphatic heterocycles. The molecule has 0 spiro atoms. The quantitative estimate of drug-likeness (QED) is 0.399. The number of aliphatic hydroxyl groups excluding tert-OH is 1. The Bertz CT molecular complexity index is 836. The summed E-state index contributed by atoms with van der Waals surface area (Å²) in [6, 6.07) is 27.4. The lowest BCUT2D eigenvalue weighted by Crippen LogP contribution is -2.23. The van der Waals surface area contributed by atoms with Crippen molar-refractivity contribution in [3.63, 3.8) is 0 Å². The van der Waals surface area contributed by atoms with E-state index >= 15 is 0 Å². The standard InChI is InChI=1S/C27H33NO2/c1-3-4-18-30-27-25(19-22(2)29)16-11-17-26(27)28(20-23-12-7-5-8-13-23)21-24-14-9-6-10-15-24/h5-17,22,29H,3-4,18-21H2,1-2H3/t22-/m0/s1. The van der Waals surface area contributed by atoms with E-state index < -0.39 is 6.10 Å². The van der Waals surface area contributed by atoms with Crippen LogP contribution in [0.15, 0.2) is 78.9 Å². The molecule has 0 radical (unpaired) electrons. The van der Waals surface area contributed by atoms with Gasteiger partial charge in [0.15, 0.2) is 0 Å². The second-order valence-corrected chi connectivity index (χ2v) is 7.85. The van der Waals surface area contributed by atoms with Crippen molar-refractivity contribution in [1.29, 1.82) is 0 Å². The van der Waals surface area contributed by atoms with Crippen LogP contribution in [0.5, 0.6) is 5.75 Å². The fourth-order valence-electron chi connectivity index (χ4n) is 3.62. The highest BCUT2D eigenvalue weighted by Gasteiger charge is 2.18.